The highest BCUT2D eigenvalue weighted by Gasteiger charge is 2.23. The average Bonchev–Trinajstić information content (AvgIpc) is 3.17. The van der Waals surface area contributed by atoms with E-state index in [1.165, 1.54) is 11.1 Å². The van der Waals surface area contributed by atoms with Crippen molar-refractivity contribution < 1.29 is 4.79 Å². The highest BCUT2D eigenvalue weighted by Crippen LogP contribution is 2.25. The molecule has 1 amide bonds. The summed E-state index contributed by atoms with van der Waals surface area (Å²) in [5, 5.41) is 7.56. The van der Waals surface area contributed by atoms with Crippen LogP contribution in [0.2, 0.25) is 0 Å². The first-order valence-corrected chi connectivity index (χ1v) is 10.4. The third kappa shape index (κ3) is 5.80. The van der Waals surface area contributed by atoms with E-state index in [0.717, 1.165) is 51.1 Å². The van der Waals surface area contributed by atoms with Crippen LogP contribution in [-0.4, -0.2) is 40.2 Å². The lowest BCUT2D eigenvalue weighted by Gasteiger charge is -2.32. The van der Waals surface area contributed by atoms with Gasteiger partial charge in [-0.3, -0.25) is 9.69 Å². The van der Waals surface area contributed by atoms with Crippen LogP contribution in [0.4, 0.5) is 5.82 Å². The van der Waals surface area contributed by atoms with Crippen molar-refractivity contribution >= 4 is 11.7 Å². The van der Waals surface area contributed by atoms with Gasteiger partial charge in [-0.2, -0.15) is 5.10 Å². The molecule has 3 rings (SSSR count). The van der Waals surface area contributed by atoms with Gasteiger partial charge in [-0.05, 0) is 45.1 Å². The monoisotopic (exact) mass is 380 g/mol. The molecule has 1 aromatic heterocycles. The van der Waals surface area contributed by atoms with E-state index in [-0.39, 0.29) is 5.91 Å². The van der Waals surface area contributed by atoms with Crippen molar-refractivity contribution in [3.63, 3.8) is 0 Å². The zero-order valence-corrected chi connectivity index (χ0v) is 17.1. The molecule has 2 heterocycles. The Morgan fingerprint density at radius 2 is 1.96 bits per heavy atom. The van der Waals surface area contributed by atoms with Gasteiger partial charge in [0.1, 0.15) is 5.82 Å². The van der Waals surface area contributed by atoms with Gasteiger partial charge in [0.05, 0.1) is 12.2 Å². The number of hydrogen-bond acceptors (Lipinski definition) is 3. The predicted octanol–water partition coefficient (Wildman–Crippen LogP) is 4.45. The molecule has 0 spiro atoms. The molecule has 1 fully saturated rings. The number of amides is 1. The Kier molecular flexibility index (Phi) is 7.43. The molecule has 1 N–H and O–H groups in total. The smallest absolute Gasteiger partial charge is 0.225 e. The van der Waals surface area contributed by atoms with Crippen LogP contribution in [0.5, 0.6) is 0 Å². The van der Waals surface area contributed by atoms with Gasteiger partial charge in [0, 0.05) is 32.1 Å². The normalized spacial score (nSPS) is 16.3. The lowest BCUT2D eigenvalue weighted by Crippen LogP contribution is -2.36. The fourth-order valence-corrected chi connectivity index (χ4v) is 3.77. The van der Waals surface area contributed by atoms with Crippen LogP contribution in [0, 0.1) is 0 Å². The fourth-order valence-electron chi connectivity index (χ4n) is 3.77. The van der Waals surface area contributed by atoms with Gasteiger partial charge in [-0.25, -0.2) is 4.68 Å². The summed E-state index contributed by atoms with van der Waals surface area (Å²) in [6, 6.07) is 12.6. The first-order chi connectivity index (χ1) is 13.7. The number of likely N-dealkylation sites (tertiary alicyclic amines) is 1. The number of piperidine rings is 1. The summed E-state index contributed by atoms with van der Waals surface area (Å²) in [5.41, 5.74) is 2.70. The van der Waals surface area contributed by atoms with Crippen LogP contribution < -0.4 is 5.32 Å². The van der Waals surface area contributed by atoms with Crippen molar-refractivity contribution in [3.8, 4) is 0 Å². The maximum atomic E-state index is 12.4. The standard InChI is InChI=1S/C23H32N4O/c1-3-19(2)18-26-16-13-21(14-17-26)27-22(12-15-24-27)25-23(28)11-7-10-20-8-5-4-6-9-20/h3-6,8-9,12,15,21H,7,10-11,13-14,16-18H2,1-2H3,(H,25,28). The first kappa shape index (κ1) is 20.3. The number of aryl methyl sites for hydroxylation is 1. The van der Waals surface area contributed by atoms with E-state index in [1.807, 2.05) is 28.9 Å². The number of carbonyl (C=O) groups excluding carboxylic acids is 1. The van der Waals surface area contributed by atoms with E-state index < -0.39 is 0 Å². The molecule has 0 atom stereocenters. The molecule has 0 radical (unpaired) electrons. The van der Waals surface area contributed by atoms with E-state index in [2.05, 4.69) is 47.4 Å². The number of rotatable bonds is 8. The zero-order chi connectivity index (χ0) is 19.8. The SMILES string of the molecule is CC=C(C)CN1CCC(n2nccc2NC(=O)CCCc2ccccc2)CC1. The van der Waals surface area contributed by atoms with Crippen LogP contribution in [0.3, 0.4) is 0 Å². The molecule has 28 heavy (non-hydrogen) atoms. The van der Waals surface area contributed by atoms with Gasteiger partial charge in [-0.1, -0.05) is 42.0 Å². The Hall–Kier alpha value is -2.40. The Morgan fingerprint density at radius 3 is 2.68 bits per heavy atom. The number of allylic oxidation sites excluding steroid dienone is 1. The van der Waals surface area contributed by atoms with Crippen molar-refractivity contribution in [2.45, 2.75) is 52.0 Å². The second-order valence-electron chi connectivity index (χ2n) is 7.69. The molecule has 1 aliphatic heterocycles. The molecule has 5 heteroatoms. The second-order valence-corrected chi connectivity index (χ2v) is 7.69. The van der Waals surface area contributed by atoms with Gasteiger partial charge < -0.3 is 5.32 Å². The summed E-state index contributed by atoms with van der Waals surface area (Å²) in [6.45, 7) is 7.47. The second kappa shape index (κ2) is 10.2. The van der Waals surface area contributed by atoms with Crippen molar-refractivity contribution in [1.29, 1.82) is 0 Å². The maximum Gasteiger partial charge on any atom is 0.225 e. The van der Waals surface area contributed by atoms with Gasteiger partial charge in [0.15, 0.2) is 0 Å². The lowest BCUT2D eigenvalue weighted by molar-refractivity contribution is -0.116. The summed E-state index contributed by atoms with van der Waals surface area (Å²) in [7, 11) is 0. The van der Waals surface area contributed by atoms with E-state index in [9.17, 15) is 4.79 Å². The molecule has 5 nitrogen and oxygen atoms in total. The number of nitrogens with one attached hydrogen (secondary N) is 1. The van der Waals surface area contributed by atoms with Crippen LogP contribution in [0.25, 0.3) is 0 Å². The summed E-state index contributed by atoms with van der Waals surface area (Å²) in [4.78, 5) is 14.9. The zero-order valence-electron chi connectivity index (χ0n) is 17.1. The third-order valence-electron chi connectivity index (χ3n) is 5.52. The van der Waals surface area contributed by atoms with Crippen molar-refractivity contribution in [2.24, 2.45) is 0 Å². The average molecular weight is 381 g/mol. The van der Waals surface area contributed by atoms with Crippen LogP contribution in [0.1, 0.15) is 51.1 Å². The minimum atomic E-state index is 0.0684. The van der Waals surface area contributed by atoms with Crippen LogP contribution in [-0.2, 0) is 11.2 Å². The summed E-state index contributed by atoms with van der Waals surface area (Å²) in [6.07, 6.45) is 8.41. The molecular weight excluding hydrogens is 348 g/mol. The summed E-state index contributed by atoms with van der Waals surface area (Å²) in [5.74, 6) is 0.895. The van der Waals surface area contributed by atoms with Crippen molar-refractivity contribution in [3.05, 3.63) is 59.8 Å². The van der Waals surface area contributed by atoms with Crippen LogP contribution >= 0.6 is 0 Å². The molecule has 150 valence electrons. The highest BCUT2D eigenvalue weighted by molar-refractivity contribution is 5.89. The topological polar surface area (TPSA) is 50.2 Å². The largest absolute Gasteiger partial charge is 0.311 e. The fraction of sp³-hybridized carbons (Fsp3) is 0.478. The quantitative estimate of drug-likeness (QED) is 0.689. The molecule has 0 saturated carbocycles. The number of aromatic nitrogens is 2. The Bertz CT molecular complexity index is 773. The van der Waals surface area contributed by atoms with Crippen LogP contribution in [0.15, 0.2) is 54.2 Å². The van der Waals surface area contributed by atoms with Crippen molar-refractivity contribution in [1.82, 2.24) is 14.7 Å². The third-order valence-corrected chi connectivity index (χ3v) is 5.52. The molecule has 1 aliphatic rings. The molecule has 0 aliphatic carbocycles. The van der Waals surface area contributed by atoms with E-state index in [0.29, 0.717) is 12.5 Å². The molecule has 2 aromatic rings. The number of nitrogens with zero attached hydrogens (tertiary/aromatic N) is 3. The van der Waals surface area contributed by atoms with Crippen molar-refractivity contribution in [2.75, 3.05) is 25.0 Å². The molecule has 1 aromatic carbocycles. The van der Waals surface area contributed by atoms with Gasteiger partial charge in [-0.15, -0.1) is 0 Å². The minimum absolute atomic E-state index is 0.0684. The number of anilines is 1. The number of benzene rings is 1. The lowest BCUT2D eigenvalue weighted by atomic mass is 10.0. The Morgan fingerprint density at radius 1 is 1.21 bits per heavy atom. The highest BCUT2D eigenvalue weighted by atomic mass is 16.1. The molecule has 1 saturated heterocycles. The number of carbonyl (C=O) groups is 1. The maximum absolute atomic E-state index is 12.4. The minimum Gasteiger partial charge on any atom is -0.311 e. The Balaban J connectivity index is 1.46. The molecular formula is C23H32N4O. The van der Waals surface area contributed by atoms with Gasteiger partial charge >= 0.3 is 0 Å². The molecule has 0 bridgehead atoms. The Labute approximate surface area is 168 Å². The molecule has 0 unspecified atom stereocenters. The van der Waals surface area contributed by atoms with E-state index >= 15 is 0 Å². The van der Waals surface area contributed by atoms with E-state index in [4.69, 9.17) is 0 Å². The van der Waals surface area contributed by atoms with Gasteiger partial charge in [0.25, 0.3) is 0 Å². The predicted molar refractivity (Wildman–Crippen MR) is 114 cm³/mol. The first-order valence-electron chi connectivity index (χ1n) is 10.4. The summed E-state index contributed by atoms with van der Waals surface area (Å²) >= 11 is 0. The van der Waals surface area contributed by atoms with E-state index in [1.54, 1.807) is 6.20 Å². The van der Waals surface area contributed by atoms with Gasteiger partial charge in [0.2, 0.25) is 5.91 Å². The number of hydrogen-bond donors (Lipinski definition) is 1. The summed E-state index contributed by atoms with van der Waals surface area (Å²) < 4.78 is 2.01.